The highest BCUT2D eigenvalue weighted by Gasteiger charge is 2.38. The van der Waals surface area contributed by atoms with Crippen molar-refractivity contribution in [1.29, 1.82) is 0 Å². The maximum absolute atomic E-state index is 12.8. The minimum absolute atomic E-state index is 0.149. The predicted molar refractivity (Wildman–Crippen MR) is 81.8 cm³/mol. The maximum Gasteiger partial charge on any atom is 0.282 e. The lowest BCUT2D eigenvalue weighted by Gasteiger charge is -2.41. The van der Waals surface area contributed by atoms with E-state index in [2.05, 4.69) is 19.2 Å². The molecule has 2 aliphatic rings. The van der Waals surface area contributed by atoms with E-state index in [0.717, 1.165) is 32.2 Å². The van der Waals surface area contributed by atoms with Gasteiger partial charge in [0.15, 0.2) is 0 Å². The first kappa shape index (κ1) is 16.2. The lowest BCUT2D eigenvalue weighted by Crippen LogP contribution is -2.55. The summed E-state index contributed by atoms with van der Waals surface area (Å²) in [5, 5.41) is 3.46. The van der Waals surface area contributed by atoms with Crippen molar-refractivity contribution in [2.24, 2.45) is 5.92 Å². The van der Waals surface area contributed by atoms with E-state index in [9.17, 15) is 8.42 Å². The first-order valence-electron chi connectivity index (χ1n) is 7.97. The number of hydrogen-bond acceptors (Lipinski definition) is 3. The van der Waals surface area contributed by atoms with Crippen molar-refractivity contribution in [2.45, 2.75) is 58.5 Å². The van der Waals surface area contributed by atoms with Crippen LogP contribution in [-0.2, 0) is 10.2 Å². The fourth-order valence-corrected chi connectivity index (χ4v) is 5.42. The van der Waals surface area contributed by atoms with Crippen LogP contribution >= 0.6 is 0 Å². The number of piperidine rings is 2. The van der Waals surface area contributed by atoms with Gasteiger partial charge in [0.25, 0.3) is 10.2 Å². The van der Waals surface area contributed by atoms with E-state index in [-0.39, 0.29) is 6.04 Å². The van der Waals surface area contributed by atoms with Crippen LogP contribution in [0.5, 0.6) is 0 Å². The molecule has 5 nitrogen and oxygen atoms in total. The Bertz CT molecular complexity index is 413. The van der Waals surface area contributed by atoms with Crippen molar-refractivity contribution in [3.8, 4) is 0 Å². The summed E-state index contributed by atoms with van der Waals surface area (Å²) < 4.78 is 29.0. The van der Waals surface area contributed by atoms with Gasteiger partial charge in [0.2, 0.25) is 0 Å². The quantitative estimate of drug-likeness (QED) is 0.855. The molecule has 0 radical (unpaired) electrons. The van der Waals surface area contributed by atoms with Gasteiger partial charge in [0.05, 0.1) is 0 Å². The predicted octanol–water partition coefficient (Wildman–Crippen LogP) is 1.43. The summed E-state index contributed by atoms with van der Waals surface area (Å²) >= 11 is 0. The van der Waals surface area contributed by atoms with Gasteiger partial charge in [-0.3, -0.25) is 0 Å². The molecule has 0 bridgehead atoms. The first-order chi connectivity index (χ1) is 9.46. The highest BCUT2D eigenvalue weighted by atomic mass is 32.2. The molecule has 20 heavy (non-hydrogen) atoms. The number of hydrogen-bond donors (Lipinski definition) is 1. The van der Waals surface area contributed by atoms with Crippen LogP contribution in [0.4, 0.5) is 0 Å². The summed E-state index contributed by atoms with van der Waals surface area (Å²) in [6, 6.07) is 0.598. The molecule has 6 heteroatoms. The zero-order chi connectivity index (χ0) is 14.8. The summed E-state index contributed by atoms with van der Waals surface area (Å²) in [5.74, 6) is 0.374. The molecule has 0 aromatic heterocycles. The first-order valence-corrected chi connectivity index (χ1v) is 9.36. The van der Waals surface area contributed by atoms with Crippen LogP contribution in [0.2, 0.25) is 0 Å². The van der Waals surface area contributed by atoms with Crippen LogP contribution in [0.15, 0.2) is 0 Å². The Balaban J connectivity index is 2.03. The van der Waals surface area contributed by atoms with Crippen LogP contribution in [0.3, 0.4) is 0 Å². The lowest BCUT2D eigenvalue weighted by molar-refractivity contribution is 0.193. The van der Waals surface area contributed by atoms with E-state index in [1.165, 1.54) is 0 Å². The van der Waals surface area contributed by atoms with E-state index in [0.29, 0.717) is 31.6 Å². The second-order valence-corrected chi connectivity index (χ2v) is 8.13. The van der Waals surface area contributed by atoms with Gasteiger partial charge in [-0.05, 0) is 38.6 Å². The second kappa shape index (κ2) is 6.73. The van der Waals surface area contributed by atoms with Crippen LogP contribution in [-0.4, -0.2) is 55.3 Å². The third-order valence-corrected chi connectivity index (χ3v) is 6.82. The minimum Gasteiger partial charge on any atom is -0.314 e. The summed E-state index contributed by atoms with van der Waals surface area (Å²) in [4.78, 5) is 0. The molecule has 2 rings (SSSR count). The fraction of sp³-hybridized carbons (Fsp3) is 1.00. The Morgan fingerprint density at radius 3 is 2.50 bits per heavy atom. The molecule has 2 heterocycles. The molecule has 2 saturated heterocycles. The third-order valence-electron chi connectivity index (χ3n) is 4.70. The number of nitrogens with zero attached hydrogens (tertiary/aromatic N) is 2. The molecule has 118 valence electrons. The van der Waals surface area contributed by atoms with Crippen LogP contribution in [0.25, 0.3) is 0 Å². The minimum atomic E-state index is -3.27. The van der Waals surface area contributed by atoms with E-state index in [4.69, 9.17) is 0 Å². The van der Waals surface area contributed by atoms with Crippen LogP contribution in [0.1, 0.15) is 46.5 Å². The molecule has 0 aromatic carbocycles. The molecule has 3 atom stereocenters. The molecule has 2 aliphatic heterocycles. The van der Waals surface area contributed by atoms with Gasteiger partial charge in [-0.25, -0.2) is 0 Å². The Morgan fingerprint density at radius 2 is 1.90 bits per heavy atom. The Kier molecular flexibility index (Phi) is 5.45. The van der Waals surface area contributed by atoms with Crippen molar-refractivity contribution in [3.63, 3.8) is 0 Å². The van der Waals surface area contributed by atoms with Gasteiger partial charge in [-0.1, -0.05) is 20.3 Å². The Labute approximate surface area is 123 Å². The third kappa shape index (κ3) is 3.35. The Hall–Kier alpha value is -0.170. The van der Waals surface area contributed by atoms with Gasteiger partial charge in [0.1, 0.15) is 0 Å². The van der Waals surface area contributed by atoms with E-state index in [1.807, 2.05) is 6.92 Å². The summed E-state index contributed by atoms with van der Waals surface area (Å²) in [7, 11) is -3.27. The van der Waals surface area contributed by atoms with Crippen LogP contribution < -0.4 is 5.32 Å². The van der Waals surface area contributed by atoms with E-state index >= 15 is 0 Å². The van der Waals surface area contributed by atoms with Crippen molar-refractivity contribution < 1.29 is 8.42 Å². The molecule has 0 spiro atoms. The molecular formula is C14H29N3O2S. The molecular weight excluding hydrogens is 274 g/mol. The molecule has 1 N–H and O–H groups in total. The molecule has 0 saturated carbocycles. The SMILES string of the molecule is CCNC1CCN(S(=O)(=O)N2CCCCC2C)CC1C. The normalized spacial score (nSPS) is 34.2. The summed E-state index contributed by atoms with van der Waals surface area (Å²) in [5.41, 5.74) is 0. The van der Waals surface area contributed by atoms with Gasteiger partial charge in [0, 0.05) is 31.7 Å². The molecule has 0 aromatic rings. The highest BCUT2D eigenvalue weighted by molar-refractivity contribution is 7.86. The van der Waals surface area contributed by atoms with Gasteiger partial charge in [-0.2, -0.15) is 17.0 Å². The van der Waals surface area contributed by atoms with Gasteiger partial charge >= 0.3 is 0 Å². The Morgan fingerprint density at radius 1 is 1.15 bits per heavy atom. The van der Waals surface area contributed by atoms with Crippen molar-refractivity contribution in [1.82, 2.24) is 13.9 Å². The summed E-state index contributed by atoms with van der Waals surface area (Å²) in [6.45, 7) is 9.21. The maximum atomic E-state index is 12.8. The number of rotatable bonds is 4. The average molecular weight is 303 g/mol. The smallest absolute Gasteiger partial charge is 0.282 e. The highest BCUT2D eigenvalue weighted by Crippen LogP contribution is 2.26. The van der Waals surface area contributed by atoms with Crippen molar-refractivity contribution in [2.75, 3.05) is 26.2 Å². The van der Waals surface area contributed by atoms with Crippen molar-refractivity contribution in [3.05, 3.63) is 0 Å². The standard InChI is InChI=1S/C14H29N3O2S/c1-4-15-14-8-10-16(11-12(14)2)20(18,19)17-9-6-5-7-13(17)3/h12-15H,4-11H2,1-3H3. The van der Waals surface area contributed by atoms with Gasteiger partial charge < -0.3 is 5.32 Å². The monoisotopic (exact) mass is 303 g/mol. The largest absolute Gasteiger partial charge is 0.314 e. The topological polar surface area (TPSA) is 52.7 Å². The van der Waals surface area contributed by atoms with E-state index in [1.54, 1.807) is 8.61 Å². The lowest BCUT2D eigenvalue weighted by atomic mass is 9.95. The molecule has 2 fully saturated rings. The molecule has 0 aliphatic carbocycles. The number of nitrogens with one attached hydrogen (secondary N) is 1. The van der Waals surface area contributed by atoms with Crippen molar-refractivity contribution >= 4 is 10.2 Å². The van der Waals surface area contributed by atoms with E-state index < -0.39 is 10.2 Å². The average Bonchev–Trinajstić information content (AvgIpc) is 2.41. The molecule has 3 unspecified atom stereocenters. The fourth-order valence-electron chi connectivity index (χ4n) is 3.45. The van der Waals surface area contributed by atoms with Gasteiger partial charge in [-0.15, -0.1) is 0 Å². The zero-order valence-electron chi connectivity index (χ0n) is 13.0. The van der Waals surface area contributed by atoms with Crippen LogP contribution in [0, 0.1) is 5.92 Å². The second-order valence-electron chi connectivity index (χ2n) is 6.25. The zero-order valence-corrected chi connectivity index (χ0v) is 13.8. The molecule has 0 amide bonds. The summed E-state index contributed by atoms with van der Waals surface area (Å²) in [6.07, 6.45) is 4.04.